The summed E-state index contributed by atoms with van der Waals surface area (Å²) in [6, 6.07) is 0. The lowest BCUT2D eigenvalue weighted by Gasteiger charge is -2.33. The summed E-state index contributed by atoms with van der Waals surface area (Å²) in [7, 11) is 2.11. The summed E-state index contributed by atoms with van der Waals surface area (Å²) in [5.41, 5.74) is 1.15. The van der Waals surface area contributed by atoms with Crippen LogP contribution in [0.25, 0.3) is 0 Å². The van der Waals surface area contributed by atoms with E-state index in [2.05, 4.69) is 22.0 Å². The van der Waals surface area contributed by atoms with Gasteiger partial charge in [-0.2, -0.15) is 0 Å². The summed E-state index contributed by atoms with van der Waals surface area (Å²) in [5.74, 6) is 7.86. The fraction of sp³-hybridized carbons (Fsp3) is 0.714. The lowest BCUT2D eigenvalue weighted by molar-refractivity contribution is 0.202. The van der Waals surface area contributed by atoms with Crippen molar-refractivity contribution in [1.29, 1.82) is 0 Å². The summed E-state index contributed by atoms with van der Waals surface area (Å²) in [6.07, 6.45) is 0. The molecule has 0 saturated carbocycles. The fourth-order valence-corrected chi connectivity index (χ4v) is 2.10. The van der Waals surface area contributed by atoms with Gasteiger partial charge in [-0.1, -0.05) is 0 Å². The summed E-state index contributed by atoms with van der Waals surface area (Å²) in [4.78, 5) is 2.26. The van der Waals surface area contributed by atoms with E-state index in [0.717, 1.165) is 37.0 Å². The van der Waals surface area contributed by atoms with Crippen molar-refractivity contribution < 1.29 is 2.85 Å². The van der Waals surface area contributed by atoms with Gasteiger partial charge in [0, 0.05) is 22.5 Å². The maximum atomic E-state index is 5.88. The van der Waals surface area contributed by atoms with Gasteiger partial charge in [-0.05, 0) is 19.0 Å². The first-order valence-corrected chi connectivity index (χ1v) is 5.31. The number of nitrogens with two attached hydrogens (primary N) is 1. The molecule has 0 amide bonds. The number of rotatable bonds is 0. The average Bonchev–Trinajstić information content (AvgIpc) is 2.61. The Kier molecular flexibility index (Phi) is 2.52. The summed E-state index contributed by atoms with van der Waals surface area (Å²) < 4.78 is 3.21. The minimum atomic E-state index is 0. The molecular formula is C7H19N5S. The number of nitrogens with zero attached hydrogens (tertiary/aromatic N) is 2. The van der Waals surface area contributed by atoms with Crippen molar-refractivity contribution in [1.82, 2.24) is 19.9 Å². The molecule has 0 aromatic carbocycles. The minimum Gasteiger partial charge on any atom is -0.359 e. The molecule has 2 aliphatic rings. The Labute approximate surface area is 85.4 Å². The van der Waals surface area contributed by atoms with Gasteiger partial charge in [0.05, 0.1) is 11.6 Å². The van der Waals surface area contributed by atoms with Crippen LogP contribution in [0.5, 0.6) is 0 Å². The second-order valence-corrected chi connectivity index (χ2v) is 4.10. The maximum Gasteiger partial charge on any atom is 0.132 e. The van der Waals surface area contributed by atoms with Crippen molar-refractivity contribution >= 4 is 11.9 Å². The lowest BCUT2D eigenvalue weighted by Crippen LogP contribution is -2.48. The highest BCUT2D eigenvalue weighted by atomic mass is 32.2. The topological polar surface area (TPSA) is 56.6 Å². The van der Waals surface area contributed by atoms with Gasteiger partial charge in [-0.15, -0.1) is 0 Å². The molecule has 2 fully saturated rings. The molecular weight excluding hydrogens is 186 g/mol. The molecule has 4 N–H and O–H groups in total. The molecule has 0 aromatic heterocycles. The molecule has 5 nitrogen and oxygen atoms in total. The van der Waals surface area contributed by atoms with Gasteiger partial charge in [0.2, 0.25) is 0 Å². The molecule has 2 aliphatic heterocycles. The predicted octanol–water partition coefficient (Wildman–Crippen LogP) is -0.433. The third-order valence-electron chi connectivity index (χ3n) is 2.27. The zero-order valence-electron chi connectivity index (χ0n) is 7.71. The second kappa shape index (κ2) is 3.65. The largest absolute Gasteiger partial charge is 0.359 e. The van der Waals surface area contributed by atoms with Crippen LogP contribution in [0.4, 0.5) is 0 Å². The average molecular weight is 205 g/mol. The second-order valence-electron chi connectivity index (χ2n) is 3.32. The highest BCUT2D eigenvalue weighted by molar-refractivity contribution is 7.97. The first kappa shape index (κ1) is 8.98. The van der Waals surface area contributed by atoms with Crippen molar-refractivity contribution in [2.24, 2.45) is 5.84 Å². The number of hydrogen-bond donors (Lipinski definition) is 3. The highest BCUT2D eigenvalue weighted by Gasteiger charge is 2.21. The molecule has 6 heteroatoms. The number of nitrogens with one attached hydrogen (secondary N) is 2. The van der Waals surface area contributed by atoms with E-state index in [1.165, 1.54) is 0 Å². The molecule has 13 heavy (non-hydrogen) atoms. The van der Waals surface area contributed by atoms with Crippen LogP contribution < -0.4 is 15.9 Å². The molecule has 0 unspecified atom stereocenters. The Hall–Kier alpha value is -0.590. The highest BCUT2D eigenvalue weighted by Crippen LogP contribution is 2.15. The van der Waals surface area contributed by atoms with Crippen LogP contribution in [-0.2, 0) is 0 Å². The van der Waals surface area contributed by atoms with Gasteiger partial charge in [0.15, 0.2) is 0 Å². The predicted molar refractivity (Wildman–Crippen MR) is 58.4 cm³/mol. The normalized spacial score (nSPS) is 30.2. The van der Waals surface area contributed by atoms with E-state index in [0.29, 0.717) is 0 Å². The molecule has 2 saturated heterocycles. The Morgan fingerprint density at radius 2 is 2.38 bits per heavy atom. The van der Waals surface area contributed by atoms with E-state index in [4.69, 9.17) is 5.84 Å². The van der Waals surface area contributed by atoms with Crippen LogP contribution >= 0.6 is 11.9 Å². The number of hydrazine groups is 1. The molecule has 0 atom stereocenters. The van der Waals surface area contributed by atoms with Gasteiger partial charge < -0.3 is 15.0 Å². The van der Waals surface area contributed by atoms with Gasteiger partial charge in [0.25, 0.3) is 0 Å². The Morgan fingerprint density at radius 3 is 3.08 bits per heavy atom. The number of likely N-dealkylation sites (N-methyl/N-ethyl adjacent to an activating group) is 1. The van der Waals surface area contributed by atoms with Crippen molar-refractivity contribution in [3.8, 4) is 0 Å². The first-order chi connectivity index (χ1) is 6.27. The van der Waals surface area contributed by atoms with E-state index in [1.54, 1.807) is 11.9 Å². The maximum absolute atomic E-state index is 5.88. The van der Waals surface area contributed by atoms with E-state index in [9.17, 15) is 0 Å². The molecule has 0 aliphatic carbocycles. The SMILES string of the molecule is CN1CCN(N)/C(=C2\NCSN2)C1.[HH].[HH]. The van der Waals surface area contributed by atoms with Crippen LogP contribution in [0.3, 0.4) is 0 Å². The van der Waals surface area contributed by atoms with E-state index < -0.39 is 0 Å². The first-order valence-electron chi connectivity index (χ1n) is 4.33. The smallest absolute Gasteiger partial charge is 0.132 e. The lowest BCUT2D eigenvalue weighted by atomic mass is 10.3. The fourth-order valence-electron chi connectivity index (χ4n) is 1.48. The van der Waals surface area contributed by atoms with Gasteiger partial charge in [-0.25, -0.2) is 5.84 Å². The Balaban J connectivity index is 0.000000980. The zero-order valence-corrected chi connectivity index (χ0v) is 8.52. The van der Waals surface area contributed by atoms with Crippen LogP contribution in [0.1, 0.15) is 2.85 Å². The van der Waals surface area contributed by atoms with Crippen LogP contribution in [-0.4, -0.2) is 42.5 Å². The van der Waals surface area contributed by atoms with Crippen LogP contribution in [0.15, 0.2) is 11.5 Å². The van der Waals surface area contributed by atoms with Gasteiger partial charge in [0.1, 0.15) is 5.82 Å². The molecule has 0 bridgehead atoms. The van der Waals surface area contributed by atoms with Crippen molar-refractivity contribution in [3.63, 3.8) is 0 Å². The van der Waals surface area contributed by atoms with Crippen molar-refractivity contribution in [2.75, 3.05) is 32.6 Å². The summed E-state index contributed by atoms with van der Waals surface area (Å²) >= 11 is 1.66. The van der Waals surface area contributed by atoms with Gasteiger partial charge in [-0.3, -0.25) is 4.90 Å². The van der Waals surface area contributed by atoms with E-state index >= 15 is 0 Å². The van der Waals surface area contributed by atoms with E-state index in [1.807, 2.05) is 5.01 Å². The zero-order chi connectivity index (χ0) is 9.26. The molecule has 2 rings (SSSR count). The van der Waals surface area contributed by atoms with Crippen molar-refractivity contribution in [2.45, 2.75) is 0 Å². The number of piperazine rings is 1. The monoisotopic (exact) mass is 205 g/mol. The quantitative estimate of drug-likeness (QED) is 0.368. The van der Waals surface area contributed by atoms with Crippen LogP contribution in [0, 0.1) is 0 Å². The van der Waals surface area contributed by atoms with Crippen molar-refractivity contribution in [3.05, 3.63) is 11.5 Å². The third kappa shape index (κ3) is 1.84. The summed E-state index contributed by atoms with van der Waals surface area (Å²) in [5, 5.41) is 5.08. The van der Waals surface area contributed by atoms with Crippen LogP contribution in [0.2, 0.25) is 0 Å². The number of hydrogen-bond acceptors (Lipinski definition) is 6. The summed E-state index contributed by atoms with van der Waals surface area (Å²) in [6.45, 7) is 2.83. The van der Waals surface area contributed by atoms with E-state index in [-0.39, 0.29) is 2.85 Å². The molecule has 0 aromatic rings. The Bertz CT molecular complexity index is 229. The van der Waals surface area contributed by atoms with Gasteiger partial charge >= 0.3 is 0 Å². The molecule has 0 radical (unpaired) electrons. The standard InChI is InChI=1S/C7H15N5S.2H2/c1-11-2-3-12(8)6(4-11)7-9-5-13-10-7;;/h9-10H,2-5,8H2,1H3;2*1H/b7-6+;;. The Morgan fingerprint density at radius 1 is 1.54 bits per heavy atom. The molecule has 2 heterocycles. The third-order valence-corrected chi connectivity index (χ3v) is 2.91. The molecule has 78 valence electrons. The molecule has 0 spiro atoms. The minimum absolute atomic E-state index is 0.